The SMILES string of the molecule is CCc1cccc(-c2c(Cl)cccc2[C@](O)(CCCNC(=O)O)C2CCCN(C(=O)c3ccc(CNC)cc3)C2)c1. The lowest BCUT2D eigenvalue weighted by molar-refractivity contribution is -0.0563. The zero-order valence-corrected chi connectivity index (χ0v) is 24.6. The Morgan fingerprint density at radius 3 is 2.54 bits per heavy atom. The third kappa shape index (κ3) is 7.28. The predicted molar refractivity (Wildman–Crippen MR) is 163 cm³/mol. The van der Waals surface area contributed by atoms with Crippen LogP contribution in [0.25, 0.3) is 11.1 Å². The average Bonchev–Trinajstić information content (AvgIpc) is 2.99. The number of benzene rings is 3. The Morgan fingerprint density at radius 1 is 1.07 bits per heavy atom. The van der Waals surface area contributed by atoms with E-state index in [9.17, 15) is 14.7 Å². The minimum Gasteiger partial charge on any atom is -0.465 e. The smallest absolute Gasteiger partial charge is 0.404 e. The number of rotatable bonds is 11. The van der Waals surface area contributed by atoms with Crippen molar-refractivity contribution in [2.45, 2.75) is 51.2 Å². The second-order valence-corrected chi connectivity index (χ2v) is 11.2. The van der Waals surface area contributed by atoms with E-state index in [1.807, 2.05) is 66.5 Å². The van der Waals surface area contributed by atoms with E-state index in [0.29, 0.717) is 42.1 Å². The quantitative estimate of drug-likeness (QED) is 0.207. The number of carbonyl (C=O) groups excluding carboxylic acids is 1. The Labute approximate surface area is 247 Å². The Balaban J connectivity index is 1.69. The number of nitrogens with zero attached hydrogens (tertiary/aromatic N) is 1. The normalized spacial score (nSPS) is 16.7. The molecule has 1 aliphatic rings. The largest absolute Gasteiger partial charge is 0.465 e. The van der Waals surface area contributed by atoms with Gasteiger partial charge in [-0.1, -0.05) is 67.1 Å². The fraction of sp³-hybridized carbons (Fsp3) is 0.394. The number of halogens is 1. The van der Waals surface area contributed by atoms with E-state index in [2.05, 4.69) is 29.7 Å². The standard InChI is InChI=1S/C33H40ClN3O4/c1-3-23-8-4-9-26(20-23)30-28(11-5-12-29(30)34)33(41,17-7-18-36-32(39)40)27-10-6-19-37(22-27)31(38)25-15-13-24(14-16-25)21-35-2/h4-5,8-9,11-16,20,27,35-36,41H,3,6-7,10,17-19,21-22H2,1-2H3,(H,39,40)/t27?,33-/m0/s1. The lowest BCUT2D eigenvalue weighted by Gasteiger charge is -2.44. The van der Waals surface area contributed by atoms with Crippen LogP contribution in [0, 0.1) is 5.92 Å². The summed E-state index contributed by atoms with van der Waals surface area (Å²) in [6.45, 7) is 4.05. The van der Waals surface area contributed by atoms with E-state index in [-0.39, 0.29) is 18.4 Å². The summed E-state index contributed by atoms with van der Waals surface area (Å²) in [6, 6.07) is 21.4. The van der Waals surface area contributed by atoms with E-state index < -0.39 is 11.7 Å². The molecule has 2 atom stereocenters. The lowest BCUT2D eigenvalue weighted by atomic mass is 9.72. The molecular formula is C33H40ClN3O4. The van der Waals surface area contributed by atoms with Crippen molar-refractivity contribution in [3.8, 4) is 11.1 Å². The van der Waals surface area contributed by atoms with Gasteiger partial charge in [0, 0.05) is 48.2 Å². The molecule has 1 saturated heterocycles. The summed E-state index contributed by atoms with van der Waals surface area (Å²) in [6.07, 6.45) is 2.01. The van der Waals surface area contributed by atoms with Crippen LogP contribution >= 0.6 is 11.6 Å². The number of aryl methyl sites for hydroxylation is 1. The molecule has 3 aromatic rings. The van der Waals surface area contributed by atoms with Gasteiger partial charge >= 0.3 is 6.09 Å². The first-order valence-corrected chi connectivity index (χ1v) is 14.7. The van der Waals surface area contributed by atoms with Crippen molar-refractivity contribution in [3.05, 3.63) is 94.0 Å². The summed E-state index contributed by atoms with van der Waals surface area (Å²) in [5.41, 5.74) is 3.98. The van der Waals surface area contributed by atoms with Gasteiger partial charge in [-0.25, -0.2) is 4.79 Å². The first-order valence-electron chi connectivity index (χ1n) is 14.4. The summed E-state index contributed by atoms with van der Waals surface area (Å²) in [4.78, 5) is 26.5. The molecule has 0 aliphatic carbocycles. The zero-order valence-electron chi connectivity index (χ0n) is 23.8. The molecule has 4 rings (SSSR count). The van der Waals surface area contributed by atoms with Crippen molar-refractivity contribution in [1.82, 2.24) is 15.5 Å². The van der Waals surface area contributed by atoms with Crippen molar-refractivity contribution in [3.63, 3.8) is 0 Å². The minimum atomic E-state index is -1.34. The van der Waals surface area contributed by atoms with Crippen LogP contribution in [0.2, 0.25) is 5.02 Å². The van der Waals surface area contributed by atoms with E-state index in [1.54, 1.807) is 0 Å². The van der Waals surface area contributed by atoms with E-state index >= 15 is 0 Å². The van der Waals surface area contributed by atoms with Gasteiger partial charge < -0.3 is 25.7 Å². The number of hydrogen-bond donors (Lipinski definition) is 4. The number of carbonyl (C=O) groups is 2. The maximum atomic E-state index is 13.6. The highest BCUT2D eigenvalue weighted by atomic mass is 35.5. The number of aliphatic hydroxyl groups is 1. The molecule has 7 nitrogen and oxygen atoms in total. The summed E-state index contributed by atoms with van der Waals surface area (Å²) in [5, 5.41) is 27.8. The van der Waals surface area contributed by atoms with Gasteiger partial charge in [0.2, 0.25) is 0 Å². The fourth-order valence-corrected chi connectivity index (χ4v) is 6.22. The molecule has 1 heterocycles. The highest BCUT2D eigenvalue weighted by Crippen LogP contribution is 2.45. The fourth-order valence-electron chi connectivity index (χ4n) is 5.94. The number of piperidine rings is 1. The predicted octanol–water partition coefficient (Wildman–Crippen LogP) is 6.08. The Bertz CT molecular complexity index is 1350. The third-order valence-corrected chi connectivity index (χ3v) is 8.40. The molecule has 0 saturated carbocycles. The Kier molecular flexibility index (Phi) is 10.4. The molecule has 2 amide bonds. The summed E-state index contributed by atoms with van der Waals surface area (Å²) >= 11 is 6.83. The molecule has 0 spiro atoms. The van der Waals surface area contributed by atoms with Crippen LogP contribution in [0.5, 0.6) is 0 Å². The number of likely N-dealkylation sites (tertiary alicyclic amines) is 1. The number of carboxylic acid groups (broad SMARTS) is 1. The van der Waals surface area contributed by atoms with Gasteiger partial charge in [-0.3, -0.25) is 4.79 Å². The van der Waals surface area contributed by atoms with Crippen LogP contribution < -0.4 is 10.6 Å². The van der Waals surface area contributed by atoms with Crippen LogP contribution in [0.4, 0.5) is 4.79 Å². The van der Waals surface area contributed by atoms with Crippen LogP contribution in [0.15, 0.2) is 66.7 Å². The molecule has 4 N–H and O–H groups in total. The van der Waals surface area contributed by atoms with Gasteiger partial charge in [0.1, 0.15) is 0 Å². The van der Waals surface area contributed by atoms with Crippen LogP contribution in [-0.4, -0.2) is 53.8 Å². The topological polar surface area (TPSA) is 102 Å². The highest BCUT2D eigenvalue weighted by molar-refractivity contribution is 6.33. The Hall–Kier alpha value is -3.39. The van der Waals surface area contributed by atoms with Gasteiger partial charge in [0.05, 0.1) is 5.60 Å². The summed E-state index contributed by atoms with van der Waals surface area (Å²) < 4.78 is 0. The monoisotopic (exact) mass is 577 g/mol. The van der Waals surface area contributed by atoms with Crippen molar-refractivity contribution in [1.29, 1.82) is 0 Å². The van der Waals surface area contributed by atoms with E-state index in [1.165, 1.54) is 0 Å². The van der Waals surface area contributed by atoms with Gasteiger partial charge in [0.25, 0.3) is 5.91 Å². The number of hydrogen-bond acceptors (Lipinski definition) is 4. The van der Waals surface area contributed by atoms with Crippen LogP contribution in [0.1, 0.15) is 59.7 Å². The highest BCUT2D eigenvalue weighted by Gasteiger charge is 2.43. The molecule has 0 aromatic heterocycles. The molecule has 0 bridgehead atoms. The maximum Gasteiger partial charge on any atom is 0.404 e. The zero-order chi connectivity index (χ0) is 29.4. The molecule has 8 heteroatoms. The molecule has 218 valence electrons. The molecule has 1 aliphatic heterocycles. The van der Waals surface area contributed by atoms with Crippen LogP contribution in [-0.2, 0) is 18.6 Å². The number of nitrogens with one attached hydrogen (secondary N) is 2. The Morgan fingerprint density at radius 2 is 1.83 bits per heavy atom. The molecule has 41 heavy (non-hydrogen) atoms. The number of amides is 2. The van der Waals surface area contributed by atoms with E-state index in [4.69, 9.17) is 16.7 Å². The third-order valence-electron chi connectivity index (χ3n) is 8.08. The van der Waals surface area contributed by atoms with Gasteiger partial charge in [-0.15, -0.1) is 0 Å². The molecular weight excluding hydrogens is 538 g/mol. The first kappa shape index (κ1) is 30.6. The minimum absolute atomic E-state index is 0.0532. The maximum absolute atomic E-state index is 13.6. The van der Waals surface area contributed by atoms with Crippen molar-refractivity contribution in [2.24, 2.45) is 5.92 Å². The molecule has 0 radical (unpaired) electrons. The van der Waals surface area contributed by atoms with Gasteiger partial charge in [0.15, 0.2) is 0 Å². The summed E-state index contributed by atoms with van der Waals surface area (Å²) in [7, 11) is 1.89. The van der Waals surface area contributed by atoms with Crippen LogP contribution in [0.3, 0.4) is 0 Å². The lowest BCUT2D eigenvalue weighted by Crippen LogP contribution is -2.48. The molecule has 1 unspecified atom stereocenters. The molecule has 3 aromatic carbocycles. The second kappa shape index (κ2) is 14.0. The first-order chi connectivity index (χ1) is 19.8. The average molecular weight is 578 g/mol. The van der Waals surface area contributed by atoms with Crippen molar-refractivity contribution >= 4 is 23.6 Å². The second-order valence-electron chi connectivity index (χ2n) is 10.8. The van der Waals surface area contributed by atoms with E-state index in [0.717, 1.165) is 48.1 Å². The van der Waals surface area contributed by atoms with Crippen molar-refractivity contribution < 1.29 is 19.8 Å². The summed E-state index contributed by atoms with van der Waals surface area (Å²) in [5.74, 6) is -0.317. The van der Waals surface area contributed by atoms with Gasteiger partial charge in [-0.05, 0) is 79.6 Å². The van der Waals surface area contributed by atoms with Gasteiger partial charge in [-0.2, -0.15) is 0 Å². The van der Waals surface area contributed by atoms with Crippen molar-refractivity contribution in [2.75, 3.05) is 26.7 Å². The molecule has 1 fully saturated rings.